The molecule has 0 aliphatic heterocycles. The van der Waals surface area contributed by atoms with Gasteiger partial charge in [-0.3, -0.25) is 0 Å². The third-order valence-corrected chi connectivity index (χ3v) is 4.26. The van der Waals surface area contributed by atoms with Gasteiger partial charge >= 0.3 is 5.97 Å². The van der Waals surface area contributed by atoms with Crippen LogP contribution < -0.4 is 0 Å². The Kier molecular flexibility index (Phi) is 14.5. The summed E-state index contributed by atoms with van der Waals surface area (Å²) in [6.45, 7) is 10.2. The fourth-order valence-corrected chi connectivity index (χ4v) is 2.42. The second kappa shape index (κ2) is 15.4. The summed E-state index contributed by atoms with van der Waals surface area (Å²) in [5, 5.41) is 17.8. The van der Waals surface area contributed by atoms with Crippen LogP contribution in [-0.4, -0.2) is 35.5 Å². The smallest absolute Gasteiger partial charge is 0.337 e. The van der Waals surface area contributed by atoms with Gasteiger partial charge in [0.15, 0.2) is 6.10 Å². The van der Waals surface area contributed by atoms with E-state index >= 15 is 0 Å². The molecule has 0 aliphatic carbocycles. The molecule has 0 spiro atoms. The van der Waals surface area contributed by atoms with Crippen LogP contribution in [0, 0.1) is 0 Å². The van der Waals surface area contributed by atoms with Crippen LogP contribution in [-0.2, 0) is 9.53 Å². The van der Waals surface area contributed by atoms with Crippen molar-refractivity contribution in [1.29, 1.82) is 0 Å². The maximum absolute atomic E-state index is 11.2. The molecule has 0 saturated heterocycles. The van der Waals surface area contributed by atoms with Crippen molar-refractivity contribution in [3.63, 3.8) is 0 Å². The zero-order chi connectivity index (χ0) is 20.7. The summed E-state index contributed by atoms with van der Waals surface area (Å²) in [7, 11) is 0. The average Bonchev–Trinajstić information content (AvgIpc) is 2.60. The van der Waals surface area contributed by atoms with Gasteiger partial charge in [-0.05, 0) is 79.2 Å². The Morgan fingerprint density at radius 2 is 1.26 bits per heavy atom. The predicted molar refractivity (Wildman–Crippen MR) is 112 cm³/mol. The lowest BCUT2D eigenvalue weighted by molar-refractivity contribution is -0.154. The van der Waals surface area contributed by atoms with Crippen LogP contribution in [0.1, 0.15) is 73.1 Å². The number of hydrogen-bond donors (Lipinski definition) is 2. The monoisotopic (exact) mass is 378 g/mol. The van der Waals surface area contributed by atoms with Gasteiger partial charge in [-0.2, -0.15) is 0 Å². The highest BCUT2D eigenvalue weighted by atomic mass is 16.5. The molecule has 0 radical (unpaired) electrons. The van der Waals surface area contributed by atoms with Crippen LogP contribution in [0.3, 0.4) is 0 Å². The van der Waals surface area contributed by atoms with Crippen molar-refractivity contribution in [3.05, 3.63) is 46.6 Å². The highest BCUT2D eigenvalue weighted by Crippen LogP contribution is 2.13. The lowest BCUT2D eigenvalue weighted by Gasteiger charge is -2.06. The van der Waals surface area contributed by atoms with E-state index in [0.717, 1.165) is 44.1 Å². The van der Waals surface area contributed by atoms with Crippen molar-refractivity contribution < 1.29 is 19.7 Å². The summed E-state index contributed by atoms with van der Waals surface area (Å²) in [6.07, 6.45) is 13.6. The molecule has 0 aromatic heterocycles. The van der Waals surface area contributed by atoms with E-state index in [1.54, 1.807) is 0 Å². The minimum Gasteiger partial charge on any atom is -0.459 e. The standard InChI is InChI=1S/C23H38O4/c1-18(2)9-6-10-19(3)11-7-12-20(4)13-8-14-21(5)15-16-27-23(26)22(25)17-24/h9,11,13,15,22,24-25H,6-8,10,12,14,16-17H2,1-5H3/b19-11+,20-13+,21-15?. The molecular weight excluding hydrogens is 340 g/mol. The van der Waals surface area contributed by atoms with Gasteiger partial charge in [0.2, 0.25) is 0 Å². The summed E-state index contributed by atoms with van der Waals surface area (Å²) in [5.74, 6) is -0.790. The Labute approximate surface area is 165 Å². The van der Waals surface area contributed by atoms with Crippen molar-refractivity contribution in [1.82, 2.24) is 0 Å². The number of rotatable bonds is 13. The van der Waals surface area contributed by atoms with Gasteiger partial charge in [0.05, 0.1) is 6.61 Å². The maximum atomic E-state index is 11.2. The fraction of sp³-hybridized carbons (Fsp3) is 0.609. The van der Waals surface area contributed by atoms with Crippen molar-refractivity contribution in [2.24, 2.45) is 0 Å². The van der Waals surface area contributed by atoms with E-state index in [-0.39, 0.29) is 6.61 Å². The zero-order valence-corrected chi connectivity index (χ0v) is 17.8. The third-order valence-electron chi connectivity index (χ3n) is 4.26. The van der Waals surface area contributed by atoms with Gasteiger partial charge in [-0.15, -0.1) is 0 Å². The van der Waals surface area contributed by atoms with E-state index in [0.29, 0.717) is 0 Å². The molecule has 0 heterocycles. The first-order valence-corrected chi connectivity index (χ1v) is 9.82. The molecule has 0 aromatic carbocycles. The highest BCUT2D eigenvalue weighted by molar-refractivity contribution is 5.74. The Hall–Kier alpha value is -1.65. The van der Waals surface area contributed by atoms with E-state index in [1.807, 2.05) is 13.0 Å². The van der Waals surface area contributed by atoms with Crippen LogP contribution in [0.2, 0.25) is 0 Å². The molecule has 4 nitrogen and oxygen atoms in total. The molecule has 1 unspecified atom stereocenters. The molecule has 0 aromatic rings. The first-order valence-electron chi connectivity index (χ1n) is 9.82. The lowest BCUT2D eigenvalue weighted by atomic mass is 10.0. The van der Waals surface area contributed by atoms with Crippen LogP contribution >= 0.6 is 0 Å². The Bertz CT molecular complexity index is 549. The largest absolute Gasteiger partial charge is 0.459 e. The number of ether oxygens (including phenoxy) is 1. The molecule has 0 saturated carbocycles. The quantitative estimate of drug-likeness (QED) is 0.348. The SMILES string of the molecule is CC(C)=CCC/C(C)=C/CC/C(C)=C/CCC(C)=CCOC(=O)C(O)CO. The van der Waals surface area contributed by atoms with Crippen LogP contribution in [0.4, 0.5) is 0 Å². The molecule has 4 heteroatoms. The topological polar surface area (TPSA) is 66.8 Å². The molecule has 2 N–H and O–H groups in total. The summed E-state index contributed by atoms with van der Waals surface area (Å²) in [5.41, 5.74) is 5.38. The first-order chi connectivity index (χ1) is 12.8. The van der Waals surface area contributed by atoms with Crippen molar-refractivity contribution in [3.8, 4) is 0 Å². The molecule has 27 heavy (non-hydrogen) atoms. The molecule has 154 valence electrons. The van der Waals surface area contributed by atoms with Gasteiger partial charge in [0.25, 0.3) is 0 Å². The number of carbonyl (C=O) groups is 1. The molecule has 0 amide bonds. The van der Waals surface area contributed by atoms with E-state index in [2.05, 4.69) is 45.9 Å². The van der Waals surface area contributed by atoms with Crippen molar-refractivity contribution >= 4 is 5.97 Å². The molecule has 0 aliphatic rings. The number of carbonyl (C=O) groups excluding carboxylic acids is 1. The highest BCUT2D eigenvalue weighted by Gasteiger charge is 2.13. The maximum Gasteiger partial charge on any atom is 0.337 e. The minimum atomic E-state index is -1.45. The Balaban J connectivity index is 4.05. The lowest BCUT2D eigenvalue weighted by Crippen LogP contribution is -2.26. The van der Waals surface area contributed by atoms with Gasteiger partial charge in [-0.25, -0.2) is 4.79 Å². The van der Waals surface area contributed by atoms with Crippen LogP contribution in [0.5, 0.6) is 0 Å². The van der Waals surface area contributed by atoms with Crippen molar-refractivity contribution in [2.75, 3.05) is 13.2 Å². The molecule has 0 rings (SSSR count). The van der Waals surface area contributed by atoms with Crippen LogP contribution in [0.15, 0.2) is 46.6 Å². The van der Waals surface area contributed by atoms with E-state index < -0.39 is 18.7 Å². The molecule has 1 atom stereocenters. The summed E-state index contributed by atoms with van der Waals surface area (Å²) in [4.78, 5) is 11.2. The normalized spacial score (nSPS) is 14.1. The molecular formula is C23H38O4. The number of aliphatic hydroxyl groups excluding tert-OH is 2. The Morgan fingerprint density at radius 1 is 0.815 bits per heavy atom. The fourth-order valence-electron chi connectivity index (χ4n) is 2.42. The second-order valence-electron chi connectivity index (χ2n) is 7.38. The third kappa shape index (κ3) is 15.1. The number of hydrogen-bond acceptors (Lipinski definition) is 4. The summed E-state index contributed by atoms with van der Waals surface area (Å²) < 4.78 is 4.86. The zero-order valence-electron chi connectivity index (χ0n) is 17.8. The number of aliphatic hydroxyl groups is 2. The van der Waals surface area contributed by atoms with Gasteiger partial charge in [0.1, 0.15) is 6.61 Å². The second-order valence-corrected chi connectivity index (χ2v) is 7.38. The van der Waals surface area contributed by atoms with E-state index in [1.165, 1.54) is 16.7 Å². The molecule has 0 bridgehead atoms. The van der Waals surface area contributed by atoms with Gasteiger partial charge in [0, 0.05) is 0 Å². The van der Waals surface area contributed by atoms with Gasteiger partial charge < -0.3 is 14.9 Å². The summed E-state index contributed by atoms with van der Waals surface area (Å²) in [6, 6.07) is 0. The Morgan fingerprint density at radius 3 is 1.70 bits per heavy atom. The van der Waals surface area contributed by atoms with E-state index in [9.17, 15) is 4.79 Å². The number of esters is 1. The van der Waals surface area contributed by atoms with Gasteiger partial charge in [-0.1, -0.05) is 40.5 Å². The van der Waals surface area contributed by atoms with Crippen LogP contribution in [0.25, 0.3) is 0 Å². The van der Waals surface area contributed by atoms with Crippen molar-refractivity contribution in [2.45, 2.75) is 79.2 Å². The van der Waals surface area contributed by atoms with E-state index in [4.69, 9.17) is 14.9 Å². The first kappa shape index (κ1) is 25.4. The minimum absolute atomic E-state index is 0.126. The predicted octanol–water partition coefficient (Wildman–Crippen LogP) is 5.03. The number of allylic oxidation sites excluding steroid dienone is 7. The molecule has 0 fully saturated rings. The average molecular weight is 379 g/mol. The summed E-state index contributed by atoms with van der Waals surface area (Å²) >= 11 is 0.